The fourth-order valence-electron chi connectivity index (χ4n) is 4.41. The second-order valence-electron chi connectivity index (χ2n) is 7.07. The van der Waals surface area contributed by atoms with Crippen molar-refractivity contribution < 1.29 is 4.79 Å². The molecule has 2 fully saturated rings. The Morgan fingerprint density at radius 1 is 1.36 bits per heavy atom. The zero-order chi connectivity index (χ0) is 15.1. The van der Waals surface area contributed by atoms with E-state index in [-0.39, 0.29) is 11.9 Å². The summed E-state index contributed by atoms with van der Waals surface area (Å²) in [5.41, 5.74) is 1.97. The number of para-hydroxylation sites is 2. The average Bonchev–Trinajstić information content (AvgIpc) is 3.21. The molecular formula is C18H23N3O. The van der Waals surface area contributed by atoms with Gasteiger partial charge >= 0.3 is 0 Å². The molecule has 0 radical (unpaired) electrons. The van der Waals surface area contributed by atoms with Crippen molar-refractivity contribution >= 4 is 16.9 Å². The summed E-state index contributed by atoms with van der Waals surface area (Å²) in [6.45, 7) is 2.00. The van der Waals surface area contributed by atoms with Crippen molar-refractivity contribution in [2.75, 3.05) is 0 Å². The van der Waals surface area contributed by atoms with Crippen molar-refractivity contribution in [3.63, 3.8) is 0 Å². The third-order valence-electron chi connectivity index (χ3n) is 5.53. The van der Waals surface area contributed by atoms with Crippen molar-refractivity contribution in [3.05, 3.63) is 30.1 Å². The number of carbonyl (C=O) groups is 1. The van der Waals surface area contributed by atoms with Crippen molar-refractivity contribution in [2.45, 2.75) is 45.1 Å². The third-order valence-corrected chi connectivity index (χ3v) is 5.53. The van der Waals surface area contributed by atoms with Crippen LogP contribution in [0.4, 0.5) is 0 Å². The lowest BCUT2D eigenvalue weighted by atomic mass is 9.86. The molecule has 4 rings (SSSR count). The lowest BCUT2D eigenvalue weighted by Gasteiger charge is -2.21. The number of aromatic nitrogens is 2. The van der Waals surface area contributed by atoms with Gasteiger partial charge in [0.15, 0.2) is 0 Å². The summed E-state index contributed by atoms with van der Waals surface area (Å²) in [5, 5.41) is 3.11. The van der Waals surface area contributed by atoms with Gasteiger partial charge in [-0.2, -0.15) is 0 Å². The molecule has 1 heterocycles. The molecule has 116 valence electrons. The smallest absolute Gasteiger partial charge is 0.220 e. The normalized spacial score (nSPS) is 28.1. The summed E-state index contributed by atoms with van der Waals surface area (Å²) in [7, 11) is 0. The number of rotatable bonds is 4. The summed E-state index contributed by atoms with van der Waals surface area (Å²) in [4.78, 5) is 20.2. The molecule has 2 aliphatic rings. The molecule has 2 saturated carbocycles. The zero-order valence-electron chi connectivity index (χ0n) is 13.0. The van der Waals surface area contributed by atoms with E-state index >= 15 is 0 Å². The van der Waals surface area contributed by atoms with Crippen LogP contribution in [-0.2, 0) is 4.79 Å². The van der Waals surface area contributed by atoms with Gasteiger partial charge < -0.3 is 10.3 Å². The van der Waals surface area contributed by atoms with Gasteiger partial charge in [0.25, 0.3) is 0 Å². The molecule has 4 atom stereocenters. The topological polar surface area (TPSA) is 57.8 Å². The molecule has 0 saturated heterocycles. The number of carbonyl (C=O) groups excluding carboxylic acids is 1. The predicted molar refractivity (Wildman–Crippen MR) is 86.2 cm³/mol. The lowest BCUT2D eigenvalue weighted by molar-refractivity contribution is -0.123. The summed E-state index contributed by atoms with van der Waals surface area (Å²) in [6, 6.07) is 7.89. The maximum absolute atomic E-state index is 12.3. The van der Waals surface area contributed by atoms with E-state index in [1.807, 2.05) is 31.2 Å². The van der Waals surface area contributed by atoms with Gasteiger partial charge in [-0.05, 0) is 56.1 Å². The van der Waals surface area contributed by atoms with Gasteiger partial charge in [0, 0.05) is 6.42 Å². The molecule has 2 bridgehead atoms. The first kappa shape index (κ1) is 13.8. The highest BCUT2D eigenvalue weighted by Gasteiger charge is 2.40. The highest BCUT2D eigenvalue weighted by atomic mass is 16.1. The molecule has 2 aromatic rings. The Hall–Kier alpha value is -1.84. The number of nitrogens with zero attached hydrogens (tertiary/aromatic N) is 1. The van der Waals surface area contributed by atoms with Crippen LogP contribution in [0.2, 0.25) is 0 Å². The molecule has 4 unspecified atom stereocenters. The van der Waals surface area contributed by atoms with E-state index in [1.165, 1.54) is 25.7 Å². The zero-order valence-corrected chi connectivity index (χ0v) is 13.0. The highest BCUT2D eigenvalue weighted by molar-refractivity contribution is 5.77. The minimum Gasteiger partial charge on any atom is -0.346 e. The standard InChI is InChI=1S/C18H23N3O/c1-11(18-20-15-4-2-3-5-16(15)21-18)19-17(22)10-14-9-12-6-7-13(14)8-12/h2-5,11-14H,6-10H2,1H3,(H,19,22)(H,20,21). The Balaban J connectivity index is 1.38. The quantitative estimate of drug-likeness (QED) is 0.906. The number of fused-ring (bicyclic) bond motifs is 3. The van der Waals surface area contributed by atoms with Gasteiger partial charge in [-0.3, -0.25) is 4.79 Å². The first-order valence-electron chi connectivity index (χ1n) is 8.43. The van der Waals surface area contributed by atoms with Crippen molar-refractivity contribution in [3.8, 4) is 0 Å². The van der Waals surface area contributed by atoms with E-state index in [0.29, 0.717) is 12.3 Å². The van der Waals surface area contributed by atoms with E-state index in [2.05, 4.69) is 15.3 Å². The largest absolute Gasteiger partial charge is 0.346 e. The minimum absolute atomic E-state index is 0.0708. The molecule has 2 N–H and O–H groups in total. The highest BCUT2D eigenvalue weighted by Crippen LogP contribution is 2.49. The molecule has 0 spiro atoms. The SMILES string of the molecule is CC(NC(=O)CC1CC2CCC1C2)c1nc2ccccc2[nH]1. The summed E-state index contributed by atoms with van der Waals surface area (Å²) >= 11 is 0. The predicted octanol–water partition coefficient (Wildman–Crippen LogP) is 3.57. The van der Waals surface area contributed by atoms with Gasteiger partial charge in [0.05, 0.1) is 17.1 Å². The van der Waals surface area contributed by atoms with Crippen molar-refractivity contribution in [1.29, 1.82) is 0 Å². The van der Waals surface area contributed by atoms with Gasteiger partial charge in [0.2, 0.25) is 5.91 Å². The second kappa shape index (κ2) is 5.41. The van der Waals surface area contributed by atoms with Crippen LogP contribution in [0.5, 0.6) is 0 Å². The lowest BCUT2D eigenvalue weighted by Crippen LogP contribution is -2.30. The fourth-order valence-corrected chi connectivity index (χ4v) is 4.41. The van der Waals surface area contributed by atoms with Crippen molar-refractivity contribution in [1.82, 2.24) is 15.3 Å². The number of H-pyrrole nitrogens is 1. The number of amides is 1. The van der Waals surface area contributed by atoms with E-state index in [4.69, 9.17) is 0 Å². The number of nitrogens with one attached hydrogen (secondary N) is 2. The molecule has 4 heteroatoms. The van der Waals surface area contributed by atoms with E-state index in [1.54, 1.807) is 0 Å². The van der Waals surface area contributed by atoms with Gasteiger partial charge in [-0.25, -0.2) is 4.98 Å². The van der Waals surface area contributed by atoms with Gasteiger partial charge in [-0.1, -0.05) is 18.6 Å². The monoisotopic (exact) mass is 297 g/mol. The molecule has 2 aliphatic carbocycles. The van der Waals surface area contributed by atoms with Crippen LogP contribution < -0.4 is 5.32 Å². The van der Waals surface area contributed by atoms with E-state index in [9.17, 15) is 4.79 Å². The number of aromatic amines is 1. The summed E-state index contributed by atoms with van der Waals surface area (Å²) in [6.07, 6.45) is 6.03. The van der Waals surface area contributed by atoms with Crippen LogP contribution in [0.15, 0.2) is 24.3 Å². The Labute approximate surface area is 130 Å². The molecule has 1 amide bonds. The van der Waals surface area contributed by atoms with Gasteiger partial charge in [0.1, 0.15) is 5.82 Å². The van der Waals surface area contributed by atoms with Crippen LogP contribution in [0.3, 0.4) is 0 Å². The fraction of sp³-hybridized carbons (Fsp3) is 0.556. The van der Waals surface area contributed by atoms with E-state index in [0.717, 1.165) is 28.7 Å². The van der Waals surface area contributed by atoms with Crippen LogP contribution in [-0.4, -0.2) is 15.9 Å². The molecule has 4 nitrogen and oxygen atoms in total. The number of benzene rings is 1. The summed E-state index contributed by atoms with van der Waals surface area (Å²) in [5.74, 6) is 3.32. The molecular weight excluding hydrogens is 274 g/mol. The minimum atomic E-state index is -0.0708. The van der Waals surface area contributed by atoms with E-state index < -0.39 is 0 Å². The Morgan fingerprint density at radius 3 is 2.95 bits per heavy atom. The molecule has 22 heavy (non-hydrogen) atoms. The first-order valence-corrected chi connectivity index (χ1v) is 8.43. The molecule has 0 aliphatic heterocycles. The second-order valence-corrected chi connectivity index (χ2v) is 7.07. The Morgan fingerprint density at radius 2 is 2.23 bits per heavy atom. The maximum Gasteiger partial charge on any atom is 0.220 e. The maximum atomic E-state index is 12.3. The molecule has 1 aromatic heterocycles. The number of imidazole rings is 1. The molecule has 1 aromatic carbocycles. The first-order chi connectivity index (χ1) is 10.7. The number of hydrogen-bond donors (Lipinski definition) is 2. The van der Waals surface area contributed by atoms with Crippen LogP contribution in [0, 0.1) is 17.8 Å². The van der Waals surface area contributed by atoms with Crippen molar-refractivity contribution in [2.24, 2.45) is 17.8 Å². The third kappa shape index (κ3) is 2.51. The Kier molecular flexibility index (Phi) is 3.40. The van der Waals surface area contributed by atoms with Crippen LogP contribution in [0.25, 0.3) is 11.0 Å². The Bertz CT molecular complexity index is 659. The number of hydrogen-bond acceptors (Lipinski definition) is 2. The van der Waals surface area contributed by atoms with Crippen LogP contribution in [0.1, 0.15) is 50.9 Å². The average molecular weight is 297 g/mol. The van der Waals surface area contributed by atoms with Crippen LogP contribution >= 0.6 is 0 Å². The van der Waals surface area contributed by atoms with Gasteiger partial charge in [-0.15, -0.1) is 0 Å². The summed E-state index contributed by atoms with van der Waals surface area (Å²) < 4.78 is 0.